The minimum Gasteiger partial charge on any atom is -0.469 e. The van der Waals surface area contributed by atoms with Crippen molar-refractivity contribution in [1.82, 2.24) is 4.98 Å². The SMILES string of the molecule is COC(=O)CC(CN)c1ccc([N+](=O)[O-])cn1. The Hall–Kier alpha value is -2.02. The molecule has 7 nitrogen and oxygen atoms in total. The van der Waals surface area contributed by atoms with Gasteiger partial charge in [-0.15, -0.1) is 0 Å². The Kier molecular flexibility index (Phi) is 4.53. The zero-order valence-electron chi connectivity index (χ0n) is 9.33. The standard InChI is InChI=1S/C10H13N3O4/c1-17-10(14)4-7(5-11)9-3-2-8(6-12-9)13(15)16/h2-3,6-7H,4-5,11H2,1H3. The van der Waals surface area contributed by atoms with Crippen LogP contribution in [0.15, 0.2) is 18.3 Å². The summed E-state index contributed by atoms with van der Waals surface area (Å²) in [6, 6.07) is 2.83. The lowest BCUT2D eigenvalue weighted by atomic mass is 10.0. The number of pyridine rings is 1. The van der Waals surface area contributed by atoms with Gasteiger partial charge in [0.2, 0.25) is 0 Å². The average Bonchev–Trinajstić information content (AvgIpc) is 2.35. The van der Waals surface area contributed by atoms with Crippen LogP contribution in [-0.4, -0.2) is 29.5 Å². The van der Waals surface area contributed by atoms with E-state index in [2.05, 4.69) is 9.72 Å². The summed E-state index contributed by atoms with van der Waals surface area (Å²) in [6.45, 7) is 0.222. The lowest BCUT2D eigenvalue weighted by Gasteiger charge is -2.12. The number of esters is 1. The maximum absolute atomic E-state index is 11.1. The van der Waals surface area contributed by atoms with Crippen LogP contribution in [-0.2, 0) is 9.53 Å². The third kappa shape index (κ3) is 3.49. The van der Waals surface area contributed by atoms with Crippen LogP contribution >= 0.6 is 0 Å². The Morgan fingerprint density at radius 3 is 2.76 bits per heavy atom. The molecule has 0 saturated carbocycles. The quantitative estimate of drug-likeness (QED) is 0.457. The lowest BCUT2D eigenvalue weighted by molar-refractivity contribution is -0.385. The summed E-state index contributed by atoms with van der Waals surface area (Å²) in [4.78, 5) is 25.0. The van der Waals surface area contributed by atoms with Crippen molar-refractivity contribution >= 4 is 11.7 Å². The number of carbonyl (C=O) groups is 1. The fraction of sp³-hybridized carbons (Fsp3) is 0.400. The van der Waals surface area contributed by atoms with E-state index in [0.29, 0.717) is 5.69 Å². The lowest BCUT2D eigenvalue weighted by Crippen LogP contribution is -2.18. The van der Waals surface area contributed by atoms with Crippen LogP contribution in [0, 0.1) is 10.1 Å². The highest BCUT2D eigenvalue weighted by Gasteiger charge is 2.17. The summed E-state index contributed by atoms with van der Waals surface area (Å²) in [7, 11) is 1.29. The zero-order valence-corrected chi connectivity index (χ0v) is 9.33. The first-order chi connectivity index (χ1) is 8.08. The van der Waals surface area contributed by atoms with Crippen LogP contribution in [0.4, 0.5) is 5.69 Å². The summed E-state index contributed by atoms with van der Waals surface area (Å²) >= 11 is 0. The van der Waals surface area contributed by atoms with Gasteiger partial charge in [0.25, 0.3) is 5.69 Å². The number of hydrogen-bond donors (Lipinski definition) is 1. The first-order valence-electron chi connectivity index (χ1n) is 4.95. The molecular weight excluding hydrogens is 226 g/mol. The summed E-state index contributed by atoms with van der Waals surface area (Å²) in [5, 5.41) is 10.4. The van der Waals surface area contributed by atoms with E-state index in [1.54, 1.807) is 0 Å². The van der Waals surface area contributed by atoms with E-state index in [4.69, 9.17) is 5.73 Å². The molecule has 17 heavy (non-hydrogen) atoms. The van der Waals surface area contributed by atoms with Crippen molar-refractivity contribution in [3.63, 3.8) is 0 Å². The molecule has 0 bridgehead atoms. The third-order valence-corrected chi connectivity index (χ3v) is 2.33. The van der Waals surface area contributed by atoms with Crippen molar-refractivity contribution in [2.75, 3.05) is 13.7 Å². The van der Waals surface area contributed by atoms with Gasteiger partial charge in [-0.1, -0.05) is 0 Å². The first-order valence-corrected chi connectivity index (χ1v) is 4.95. The predicted molar refractivity (Wildman–Crippen MR) is 59.3 cm³/mol. The van der Waals surface area contributed by atoms with E-state index in [-0.39, 0.29) is 30.5 Å². The molecule has 0 spiro atoms. The van der Waals surface area contributed by atoms with Crippen LogP contribution in [0.1, 0.15) is 18.0 Å². The van der Waals surface area contributed by atoms with Crippen molar-refractivity contribution in [2.45, 2.75) is 12.3 Å². The minimum atomic E-state index is -0.533. The number of ether oxygens (including phenoxy) is 1. The predicted octanol–water partition coefficient (Wildman–Crippen LogP) is 0.595. The molecule has 0 fully saturated rings. The topological polar surface area (TPSA) is 108 Å². The van der Waals surface area contributed by atoms with Crippen LogP contribution in [0.3, 0.4) is 0 Å². The second kappa shape index (κ2) is 5.90. The Morgan fingerprint density at radius 2 is 2.35 bits per heavy atom. The van der Waals surface area contributed by atoms with E-state index >= 15 is 0 Å². The Labute approximate surface area is 97.7 Å². The number of rotatable bonds is 5. The largest absolute Gasteiger partial charge is 0.469 e. The highest BCUT2D eigenvalue weighted by Crippen LogP contribution is 2.19. The molecule has 92 valence electrons. The second-order valence-electron chi connectivity index (χ2n) is 3.41. The molecule has 1 aromatic rings. The van der Waals surface area contributed by atoms with Gasteiger partial charge in [-0.05, 0) is 6.07 Å². The highest BCUT2D eigenvalue weighted by molar-refractivity contribution is 5.70. The van der Waals surface area contributed by atoms with Crippen LogP contribution < -0.4 is 5.73 Å². The molecule has 0 aliphatic heterocycles. The molecule has 0 aliphatic carbocycles. The Morgan fingerprint density at radius 1 is 1.65 bits per heavy atom. The highest BCUT2D eigenvalue weighted by atomic mass is 16.6. The van der Waals surface area contributed by atoms with E-state index < -0.39 is 4.92 Å². The number of hydrogen-bond acceptors (Lipinski definition) is 6. The first kappa shape index (κ1) is 13.0. The van der Waals surface area contributed by atoms with Crippen LogP contribution in [0.25, 0.3) is 0 Å². The summed E-state index contributed by atoms with van der Waals surface area (Å²) in [5.74, 6) is -0.677. The van der Waals surface area contributed by atoms with Crippen LogP contribution in [0.5, 0.6) is 0 Å². The van der Waals surface area contributed by atoms with Gasteiger partial charge in [0, 0.05) is 24.2 Å². The molecule has 2 N–H and O–H groups in total. The van der Waals surface area contributed by atoms with Crippen molar-refractivity contribution in [3.05, 3.63) is 34.1 Å². The molecular formula is C10H13N3O4. The van der Waals surface area contributed by atoms with Crippen molar-refractivity contribution < 1.29 is 14.5 Å². The zero-order chi connectivity index (χ0) is 12.8. The molecule has 0 aliphatic rings. The van der Waals surface area contributed by atoms with Gasteiger partial charge in [-0.2, -0.15) is 0 Å². The Bertz CT molecular complexity index is 405. The van der Waals surface area contributed by atoms with Gasteiger partial charge in [0.1, 0.15) is 6.20 Å². The summed E-state index contributed by atoms with van der Waals surface area (Å²) in [6.07, 6.45) is 1.26. The number of nitro groups is 1. The van der Waals surface area contributed by atoms with Crippen molar-refractivity contribution in [1.29, 1.82) is 0 Å². The maximum Gasteiger partial charge on any atom is 0.306 e. The average molecular weight is 239 g/mol. The van der Waals surface area contributed by atoms with Gasteiger partial charge in [-0.25, -0.2) is 0 Å². The minimum absolute atomic E-state index is 0.0948. The van der Waals surface area contributed by atoms with Crippen LogP contribution in [0.2, 0.25) is 0 Å². The second-order valence-corrected chi connectivity index (χ2v) is 3.41. The fourth-order valence-electron chi connectivity index (χ4n) is 1.34. The summed E-state index contributed by atoms with van der Waals surface area (Å²) < 4.78 is 4.54. The smallest absolute Gasteiger partial charge is 0.306 e. The molecule has 1 aromatic heterocycles. The summed E-state index contributed by atoms with van der Waals surface area (Å²) in [5.41, 5.74) is 5.97. The molecule has 0 aromatic carbocycles. The molecule has 0 saturated heterocycles. The van der Waals surface area contributed by atoms with E-state index in [9.17, 15) is 14.9 Å². The molecule has 1 unspecified atom stereocenters. The molecule has 0 radical (unpaired) electrons. The molecule has 1 heterocycles. The number of nitrogens with two attached hydrogens (primary N) is 1. The monoisotopic (exact) mass is 239 g/mol. The molecule has 7 heteroatoms. The number of nitrogens with zero attached hydrogens (tertiary/aromatic N) is 2. The van der Waals surface area contributed by atoms with E-state index in [0.717, 1.165) is 6.20 Å². The number of aromatic nitrogens is 1. The molecule has 1 rings (SSSR count). The van der Waals surface area contributed by atoms with Gasteiger partial charge < -0.3 is 10.5 Å². The van der Waals surface area contributed by atoms with Crippen molar-refractivity contribution in [2.24, 2.45) is 5.73 Å². The van der Waals surface area contributed by atoms with Gasteiger partial charge >= 0.3 is 5.97 Å². The van der Waals surface area contributed by atoms with Gasteiger partial charge in [0.05, 0.1) is 18.5 Å². The van der Waals surface area contributed by atoms with E-state index in [1.807, 2.05) is 0 Å². The normalized spacial score (nSPS) is 11.9. The maximum atomic E-state index is 11.1. The van der Waals surface area contributed by atoms with E-state index in [1.165, 1.54) is 19.2 Å². The van der Waals surface area contributed by atoms with Crippen molar-refractivity contribution in [3.8, 4) is 0 Å². The number of methoxy groups -OCH3 is 1. The molecule has 1 atom stereocenters. The van der Waals surface area contributed by atoms with Gasteiger partial charge in [0.15, 0.2) is 0 Å². The Balaban J connectivity index is 2.82. The third-order valence-electron chi connectivity index (χ3n) is 2.33. The fourth-order valence-corrected chi connectivity index (χ4v) is 1.34. The number of carbonyl (C=O) groups excluding carboxylic acids is 1. The molecule has 0 amide bonds. The van der Waals surface area contributed by atoms with Gasteiger partial charge in [-0.3, -0.25) is 19.9 Å².